The second-order valence-electron chi connectivity index (χ2n) is 11.7. The number of hydrogen-bond donors (Lipinski definition) is 0. The Morgan fingerprint density at radius 1 is 0.872 bits per heavy atom. The average molecular weight is 644 g/mol. The van der Waals surface area contributed by atoms with Crippen LogP contribution in [0.2, 0.25) is 0 Å². The lowest BCUT2D eigenvalue weighted by atomic mass is 9.96. The number of carbonyl (C=O) groups is 1. The first-order chi connectivity index (χ1) is 23.1. The molecule has 7 rings (SSSR count). The fourth-order valence-corrected chi connectivity index (χ4v) is 7.30. The summed E-state index contributed by atoms with van der Waals surface area (Å²) in [5, 5.41) is 5.21. The van der Waals surface area contributed by atoms with Gasteiger partial charge in [0.15, 0.2) is 5.78 Å². The Kier molecular flexibility index (Phi) is 9.31. The zero-order valence-corrected chi connectivity index (χ0v) is 27.2. The Hall–Kier alpha value is -4.92. The molecule has 0 bridgehead atoms. The fourth-order valence-electron chi connectivity index (χ4n) is 6.07. The van der Waals surface area contributed by atoms with Gasteiger partial charge in [-0.2, -0.15) is 5.10 Å². The third kappa shape index (κ3) is 7.09. The number of benzene rings is 4. The average Bonchev–Trinajstić information content (AvgIpc) is 3.90. The number of likely N-dealkylation sites (tertiary alicyclic amines) is 1. The molecule has 0 atom stereocenters. The number of thiophene rings is 1. The Morgan fingerprint density at radius 3 is 2.45 bits per heavy atom. The molecule has 238 valence electrons. The van der Waals surface area contributed by atoms with Crippen molar-refractivity contribution in [3.8, 4) is 27.7 Å². The first kappa shape index (κ1) is 30.7. The van der Waals surface area contributed by atoms with E-state index in [-0.39, 0.29) is 5.78 Å². The summed E-state index contributed by atoms with van der Waals surface area (Å²) in [6.07, 6.45) is 6.20. The second-order valence-corrected chi connectivity index (χ2v) is 12.8. The van der Waals surface area contributed by atoms with E-state index in [9.17, 15) is 4.79 Å². The van der Waals surface area contributed by atoms with Gasteiger partial charge in [0.2, 0.25) is 0 Å². The number of ether oxygens (including phenoxy) is 3. The molecule has 3 heterocycles. The van der Waals surface area contributed by atoms with Gasteiger partial charge in [-0.25, -0.2) is 0 Å². The van der Waals surface area contributed by atoms with E-state index < -0.39 is 0 Å². The molecule has 0 aliphatic carbocycles. The van der Waals surface area contributed by atoms with Crippen LogP contribution in [0, 0.1) is 0 Å². The number of aromatic nitrogens is 2. The highest BCUT2D eigenvalue weighted by atomic mass is 32.1. The van der Waals surface area contributed by atoms with Crippen molar-refractivity contribution in [3.63, 3.8) is 0 Å². The van der Waals surface area contributed by atoms with Crippen LogP contribution in [0.15, 0.2) is 109 Å². The summed E-state index contributed by atoms with van der Waals surface area (Å²) in [6, 6.07) is 31.7. The van der Waals surface area contributed by atoms with Crippen molar-refractivity contribution in [1.82, 2.24) is 14.7 Å². The largest absolute Gasteiger partial charge is 0.496 e. The summed E-state index contributed by atoms with van der Waals surface area (Å²) in [6.45, 7) is 4.94. The van der Waals surface area contributed by atoms with Crippen molar-refractivity contribution in [2.24, 2.45) is 0 Å². The molecule has 2 aromatic heterocycles. The van der Waals surface area contributed by atoms with Crippen LogP contribution in [0.5, 0.6) is 17.2 Å². The van der Waals surface area contributed by atoms with Crippen molar-refractivity contribution >= 4 is 27.2 Å². The zero-order chi connectivity index (χ0) is 32.0. The van der Waals surface area contributed by atoms with Crippen LogP contribution in [0.3, 0.4) is 0 Å². The number of hydrogen-bond acceptors (Lipinski definition) is 7. The zero-order valence-electron chi connectivity index (χ0n) is 26.4. The van der Waals surface area contributed by atoms with Crippen molar-refractivity contribution in [2.75, 3.05) is 33.4 Å². The number of rotatable bonds is 13. The summed E-state index contributed by atoms with van der Waals surface area (Å²) in [5.41, 5.74) is 4.25. The molecule has 0 amide bonds. The van der Waals surface area contributed by atoms with Gasteiger partial charge in [-0.1, -0.05) is 42.5 Å². The normalized spacial score (nSPS) is 13.2. The number of ketones is 1. The quantitative estimate of drug-likeness (QED) is 0.119. The molecule has 47 heavy (non-hydrogen) atoms. The predicted octanol–water partition coefficient (Wildman–Crippen LogP) is 8.11. The molecule has 1 saturated heterocycles. The molecule has 0 unspecified atom stereocenters. The van der Waals surface area contributed by atoms with Gasteiger partial charge < -0.3 is 14.2 Å². The third-order valence-electron chi connectivity index (χ3n) is 8.57. The van der Waals surface area contributed by atoms with E-state index in [1.165, 1.54) is 12.8 Å². The van der Waals surface area contributed by atoms with Gasteiger partial charge in [-0.05, 0) is 91.7 Å². The molecule has 0 radical (unpaired) electrons. The van der Waals surface area contributed by atoms with Gasteiger partial charge >= 0.3 is 0 Å². The van der Waals surface area contributed by atoms with Crippen LogP contribution >= 0.6 is 11.3 Å². The minimum atomic E-state index is -0.0564. The van der Waals surface area contributed by atoms with E-state index in [1.54, 1.807) is 24.6 Å². The minimum Gasteiger partial charge on any atom is -0.496 e. The van der Waals surface area contributed by atoms with Crippen LogP contribution in [0.4, 0.5) is 0 Å². The summed E-state index contributed by atoms with van der Waals surface area (Å²) in [5.74, 6) is 2.19. The Morgan fingerprint density at radius 2 is 1.68 bits per heavy atom. The lowest BCUT2D eigenvalue weighted by molar-refractivity contribution is 0.104. The molecule has 7 nitrogen and oxygen atoms in total. The van der Waals surface area contributed by atoms with E-state index in [2.05, 4.69) is 10.00 Å². The van der Waals surface area contributed by atoms with E-state index in [1.807, 2.05) is 108 Å². The Balaban J connectivity index is 1.20. The van der Waals surface area contributed by atoms with Crippen molar-refractivity contribution in [3.05, 3.63) is 132 Å². The molecular formula is C39H37N3O4S. The van der Waals surface area contributed by atoms with E-state index in [0.717, 1.165) is 62.8 Å². The molecule has 1 fully saturated rings. The number of methoxy groups -OCH3 is 1. The third-order valence-corrected chi connectivity index (χ3v) is 9.77. The standard InChI is InChI=1S/C39H37N3O4S/c1-44-35-24-30(10-11-31(35)26-42-21-7-18-40-42)38(43)37-34-17-16-33(46-27-28-8-3-2-4-9-28)25-36(34)47-39(37)29-12-14-32(15-13-29)45-23-22-41-19-5-6-20-41/h2-4,7-18,21,24-25H,5-6,19-20,22-23,26-27H2,1H3. The Labute approximate surface area is 278 Å². The Bertz CT molecular complexity index is 1950. The highest BCUT2D eigenvalue weighted by molar-refractivity contribution is 7.22. The maximum atomic E-state index is 14.4. The second kappa shape index (κ2) is 14.2. The number of fused-ring (bicyclic) bond motifs is 1. The molecule has 0 N–H and O–H groups in total. The van der Waals surface area contributed by atoms with Crippen molar-refractivity contribution in [2.45, 2.75) is 26.0 Å². The molecule has 0 spiro atoms. The smallest absolute Gasteiger partial charge is 0.195 e. The van der Waals surface area contributed by atoms with E-state index >= 15 is 0 Å². The van der Waals surface area contributed by atoms with Crippen LogP contribution in [0.1, 0.15) is 39.9 Å². The highest BCUT2D eigenvalue weighted by Crippen LogP contribution is 2.42. The monoisotopic (exact) mass is 643 g/mol. The van der Waals surface area contributed by atoms with Gasteiger partial charge in [-0.3, -0.25) is 14.4 Å². The van der Waals surface area contributed by atoms with Crippen molar-refractivity contribution in [1.29, 1.82) is 0 Å². The minimum absolute atomic E-state index is 0.0564. The number of carbonyl (C=O) groups excluding carboxylic acids is 1. The van der Waals surface area contributed by atoms with Crippen LogP contribution in [-0.4, -0.2) is 53.8 Å². The van der Waals surface area contributed by atoms with Crippen LogP contribution in [-0.2, 0) is 13.2 Å². The first-order valence-corrected chi connectivity index (χ1v) is 16.8. The van der Waals surface area contributed by atoms with Gasteiger partial charge in [0, 0.05) is 50.6 Å². The van der Waals surface area contributed by atoms with E-state index in [0.29, 0.717) is 36.6 Å². The summed E-state index contributed by atoms with van der Waals surface area (Å²) in [4.78, 5) is 17.8. The SMILES string of the molecule is COc1cc(C(=O)c2c(-c3ccc(OCCN4CCCC4)cc3)sc3cc(OCc4ccccc4)ccc23)ccc1Cn1cccn1. The lowest BCUT2D eigenvalue weighted by Gasteiger charge is -2.15. The lowest BCUT2D eigenvalue weighted by Crippen LogP contribution is -2.25. The molecular weight excluding hydrogens is 607 g/mol. The van der Waals surface area contributed by atoms with Gasteiger partial charge in [0.1, 0.15) is 30.5 Å². The topological polar surface area (TPSA) is 65.8 Å². The fraction of sp³-hybridized carbons (Fsp3) is 0.231. The summed E-state index contributed by atoms with van der Waals surface area (Å²) in [7, 11) is 1.63. The predicted molar refractivity (Wildman–Crippen MR) is 187 cm³/mol. The molecule has 8 heteroatoms. The van der Waals surface area contributed by atoms with Gasteiger partial charge in [0.05, 0.1) is 13.7 Å². The molecule has 4 aromatic carbocycles. The molecule has 1 aliphatic heterocycles. The molecule has 0 saturated carbocycles. The maximum Gasteiger partial charge on any atom is 0.195 e. The van der Waals surface area contributed by atoms with Gasteiger partial charge in [0.25, 0.3) is 0 Å². The summed E-state index contributed by atoms with van der Waals surface area (Å²) < 4.78 is 20.8. The van der Waals surface area contributed by atoms with E-state index in [4.69, 9.17) is 14.2 Å². The maximum absolute atomic E-state index is 14.4. The highest BCUT2D eigenvalue weighted by Gasteiger charge is 2.23. The molecule has 6 aromatic rings. The van der Waals surface area contributed by atoms with Crippen LogP contribution in [0.25, 0.3) is 20.5 Å². The number of nitrogens with zero attached hydrogens (tertiary/aromatic N) is 3. The van der Waals surface area contributed by atoms with Crippen LogP contribution < -0.4 is 14.2 Å². The first-order valence-electron chi connectivity index (χ1n) is 16.0. The summed E-state index contributed by atoms with van der Waals surface area (Å²) >= 11 is 1.60. The van der Waals surface area contributed by atoms with Crippen molar-refractivity contribution < 1.29 is 19.0 Å². The molecule has 1 aliphatic rings. The van der Waals surface area contributed by atoms with Gasteiger partial charge in [-0.15, -0.1) is 11.3 Å².